The molecule has 2 amide bonds. The zero-order valence-electron chi connectivity index (χ0n) is 26.5. The van der Waals surface area contributed by atoms with Gasteiger partial charge in [-0.15, -0.1) is 40.8 Å². The van der Waals surface area contributed by atoms with E-state index in [1.165, 1.54) is 12.4 Å². The number of hydrogen-bond acceptors (Lipinski definition) is 19. The van der Waals surface area contributed by atoms with Crippen LogP contribution in [-0.2, 0) is 23.8 Å². The normalized spacial score (nSPS) is 10.8. The highest BCUT2D eigenvalue weighted by molar-refractivity contribution is 5.92. The highest BCUT2D eigenvalue weighted by Gasteiger charge is 2.12. The molecule has 6 aromatic heterocycles. The van der Waals surface area contributed by atoms with Gasteiger partial charge in [-0.2, -0.15) is 0 Å². The molecule has 0 aromatic carbocycles. The first-order valence-electron chi connectivity index (χ1n) is 15.1. The molecule has 0 aliphatic heterocycles. The molecule has 0 saturated heterocycles. The summed E-state index contributed by atoms with van der Waals surface area (Å²) in [5.41, 5.74) is 1.75. The topological polar surface area (TPSA) is 266 Å². The smallest absolute Gasteiger partial charge is 0.250 e. The van der Waals surface area contributed by atoms with Gasteiger partial charge in [0.05, 0.1) is 50.2 Å². The average molecular weight is 691 g/mol. The molecule has 0 aliphatic rings. The number of nitrogens with one attached hydrogen (secondary N) is 2. The molecule has 0 radical (unpaired) electrons. The molecule has 256 valence electrons. The van der Waals surface area contributed by atoms with Gasteiger partial charge in [0.1, 0.15) is 24.6 Å². The van der Waals surface area contributed by atoms with E-state index >= 15 is 0 Å². The maximum absolute atomic E-state index is 12.2. The second kappa shape index (κ2) is 17.5. The maximum atomic E-state index is 12.2. The molecule has 21 heteroatoms. The van der Waals surface area contributed by atoms with Gasteiger partial charge in [-0.25, -0.2) is 19.9 Å². The molecule has 2 N–H and O–H groups in total. The Bertz CT molecular complexity index is 1850. The quantitative estimate of drug-likeness (QED) is 0.131. The molecule has 6 rings (SSSR count). The summed E-state index contributed by atoms with van der Waals surface area (Å²) < 4.78 is 16.1. The van der Waals surface area contributed by atoms with E-state index < -0.39 is 0 Å². The summed E-state index contributed by atoms with van der Waals surface area (Å²) >= 11 is 0. The largest absolute Gasteiger partial charge is 0.377 e. The lowest BCUT2D eigenvalue weighted by atomic mass is 10.3. The van der Waals surface area contributed by atoms with Crippen molar-refractivity contribution in [3.8, 4) is 46.3 Å². The van der Waals surface area contributed by atoms with Crippen LogP contribution >= 0.6 is 0 Å². The van der Waals surface area contributed by atoms with E-state index in [2.05, 4.69) is 81.3 Å². The number of anilines is 2. The number of nitrogens with zero attached hydrogens (tertiary/aromatic N) is 14. The minimum Gasteiger partial charge on any atom is -0.377 e. The van der Waals surface area contributed by atoms with Gasteiger partial charge in [0.15, 0.2) is 0 Å². The summed E-state index contributed by atoms with van der Waals surface area (Å²) in [6.45, 7) is 0.441. The third kappa shape index (κ3) is 10.1. The molecule has 0 saturated carbocycles. The Hall–Kier alpha value is -6.84. The van der Waals surface area contributed by atoms with Crippen LogP contribution in [0, 0.1) is 0 Å². The van der Waals surface area contributed by atoms with Crippen molar-refractivity contribution in [2.45, 2.75) is 0 Å². The maximum Gasteiger partial charge on any atom is 0.250 e. The van der Waals surface area contributed by atoms with Crippen LogP contribution in [0.2, 0.25) is 0 Å². The predicted molar refractivity (Wildman–Crippen MR) is 173 cm³/mol. The second-order valence-corrected chi connectivity index (χ2v) is 9.92. The molecule has 51 heavy (non-hydrogen) atoms. The number of carbonyl (C=O) groups excluding carboxylic acids is 2. The lowest BCUT2D eigenvalue weighted by Gasteiger charge is -2.08. The second-order valence-electron chi connectivity index (χ2n) is 9.92. The summed E-state index contributed by atoms with van der Waals surface area (Å²) in [4.78, 5) is 49.1. The molecule has 0 aliphatic carbocycles. The van der Waals surface area contributed by atoms with Gasteiger partial charge in [0.2, 0.25) is 46.8 Å². The summed E-state index contributed by atoms with van der Waals surface area (Å²) in [7, 11) is 0. The van der Waals surface area contributed by atoms with Crippen LogP contribution in [0.3, 0.4) is 0 Å². The number of hydrogen-bond donors (Lipinski definition) is 2. The van der Waals surface area contributed by atoms with Crippen LogP contribution in [0.4, 0.5) is 11.4 Å². The molecule has 0 spiro atoms. The van der Waals surface area contributed by atoms with E-state index in [1.807, 2.05) is 0 Å². The van der Waals surface area contributed by atoms with Crippen molar-refractivity contribution >= 4 is 23.2 Å². The molecular formula is C30H26N16O5. The van der Waals surface area contributed by atoms with E-state index in [-0.39, 0.29) is 74.8 Å². The van der Waals surface area contributed by atoms with Crippen molar-refractivity contribution in [3.05, 3.63) is 73.6 Å². The van der Waals surface area contributed by atoms with Crippen LogP contribution in [0.25, 0.3) is 46.3 Å². The summed E-state index contributed by atoms with van der Waals surface area (Å²) in [5, 5.41) is 37.4. The average Bonchev–Trinajstić information content (AvgIpc) is 3.19. The van der Waals surface area contributed by atoms with E-state index in [4.69, 9.17) is 14.2 Å². The van der Waals surface area contributed by atoms with E-state index in [1.54, 1.807) is 61.2 Å². The molecule has 6 aromatic rings. The number of amides is 2. The summed E-state index contributed by atoms with van der Waals surface area (Å²) in [6, 6.07) is 9.88. The number of pyridine rings is 2. The van der Waals surface area contributed by atoms with Gasteiger partial charge in [-0.1, -0.05) is 0 Å². The van der Waals surface area contributed by atoms with Gasteiger partial charge in [-0.05, 0) is 36.4 Å². The zero-order chi connectivity index (χ0) is 35.1. The van der Waals surface area contributed by atoms with Crippen molar-refractivity contribution in [2.75, 3.05) is 50.3 Å². The fraction of sp³-hybridized carbons (Fsp3) is 0.200. The van der Waals surface area contributed by atoms with Crippen LogP contribution in [0.5, 0.6) is 0 Å². The summed E-state index contributed by atoms with van der Waals surface area (Å²) in [5.74, 6) is 0.658. The van der Waals surface area contributed by atoms with Crippen molar-refractivity contribution in [1.29, 1.82) is 0 Å². The highest BCUT2D eigenvalue weighted by atomic mass is 16.5. The lowest BCUT2D eigenvalue weighted by Crippen LogP contribution is -2.21. The predicted octanol–water partition coefficient (Wildman–Crippen LogP) is 0.512. The van der Waals surface area contributed by atoms with Crippen LogP contribution in [0.1, 0.15) is 0 Å². The number of ether oxygens (including phenoxy) is 3. The number of rotatable bonds is 16. The fourth-order valence-corrected chi connectivity index (χ4v) is 3.93. The van der Waals surface area contributed by atoms with Gasteiger partial charge in [0, 0.05) is 24.8 Å². The van der Waals surface area contributed by atoms with Crippen molar-refractivity contribution < 1.29 is 23.8 Å². The highest BCUT2D eigenvalue weighted by Crippen LogP contribution is 2.16. The Balaban J connectivity index is 0.803. The van der Waals surface area contributed by atoms with Crippen molar-refractivity contribution in [2.24, 2.45) is 0 Å². The number of aromatic nitrogens is 14. The van der Waals surface area contributed by atoms with Crippen LogP contribution in [-0.4, -0.2) is 122 Å². The monoisotopic (exact) mass is 690 g/mol. The van der Waals surface area contributed by atoms with E-state index in [9.17, 15) is 9.59 Å². The minimum atomic E-state index is -0.370. The van der Waals surface area contributed by atoms with E-state index in [0.717, 1.165) is 0 Å². The fourth-order valence-electron chi connectivity index (χ4n) is 3.93. The van der Waals surface area contributed by atoms with Crippen LogP contribution < -0.4 is 10.6 Å². The molecule has 0 unspecified atom stereocenters. The standard InChI is InChI=1S/C30H26N16O5/c47-23(37-19-3-5-21(35-15-19)25-39-43-29(44-40-25)27-31-7-1-8-32-27)17-50-13-11-49-12-14-51-18-24(48)38-20-4-6-22(36-16-20)26-41-45-30(46-42-26)28-33-9-2-10-34-28/h1-10,15-16H,11-14,17-18H2,(H,37,47)(H,38,48). The first-order valence-corrected chi connectivity index (χ1v) is 15.1. The third-order valence-corrected chi connectivity index (χ3v) is 6.25. The molecule has 0 fully saturated rings. The van der Waals surface area contributed by atoms with Gasteiger partial charge < -0.3 is 24.8 Å². The first-order chi connectivity index (χ1) is 25.1. The van der Waals surface area contributed by atoms with Gasteiger partial charge in [-0.3, -0.25) is 19.6 Å². The Morgan fingerprint density at radius 1 is 0.451 bits per heavy atom. The molecule has 6 heterocycles. The Morgan fingerprint density at radius 3 is 1.20 bits per heavy atom. The van der Waals surface area contributed by atoms with Crippen molar-refractivity contribution in [1.82, 2.24) is 70.7 Å². The molecule has 21 nitrogen and oxygen atoms in total. The third-order valence-electron chi connectivity index (χ3n) is 6.25. The van der Waals surface area contributed by atoms with Gasteiger partial charge >= 0.3 is 0 Å². The number of carbonyl (C=O) groups is 2. The molecule has 0 atom stereocenters. The van der Waals surface area contributed by atoms with Gasteiger partial charge in [0.25, 0.3) is 0 Å². The molecule has 0 bridgehead atoms. The SMILES string of the molecule is O=C(COCCOCCOCC(=O)Nc1ccc(-c2nnc(-c3ncccn3)nn2)nc1)Nc1ccc(-c2nnc(-c3ncccn3)nn2)nc1. The zero-order valence-corrected chi connectivity index (χ0v) is 26.5. The Morgan fingerprint density at radius 2 is 0.824 bits per heavy atom. The summed E-state index contributed by atoms with van der Waals surface area (Å²) in [6.07, 6.45) is 9.17. The van der Waals surface area contributed by atoms with Crippen molar-refractivity contribution in [3.63, 3.8) is 0 Å². The van der Waals surface area contributed by atoms with Crippen LogP contribution in [0.15, 0.2) is 73.6 Å². The Labute approximate surface area is 287 Å². The lowest BCUT2D eigenvalue weighted by molar-refractivity contribution is -0.121. The first kappa shape index (κ1) is 34.0. The minimum absolute atomic E-state index is 0.179. The Kier molecular flexibility index (Phi) is 11.7. The van der Waals surface area contributed by atoms with E-state index in [0.29, 0.717) is 34.4 Å². The molecular weight excluding hydrogens is 664 g/mol.